The Hall–Kier alpha value is -2.82. The fourth-order valence-corrected chi connectivity index (χ4v) is 3.84. The predicted molar refractivity (Wildman–Crippen MR) is 104 cm³/mol. The molecule has 0 bridgehead atoms. The van der Waals surface area contributed by atoms with E-state index in [1.165, 1.54) is 23.3 Å². The van der Waals surface area contributed by atoms with Crippen LogP contribution in [0, 0.1) is 6.92 Å². The first-order chi connectivity index (χ1) is 13.1. The van der Waals surface area contributed by atoms with Gasteiger partial charge in [-0.15, -0.1) is 0 Å². The fraction of sp³-hybridized carbons (Fsp3) is 0.364. The van der Waals surface area contributed by atoms with Crippen LogP contribution in [-0.4, -0.2) is 22.9 Å². The predicted octanol–water partition coefficient (Wildman–Crippen LogP) is 4.87. The summed E-state index contributed by atoms with van der Waals surface area (Å²) in [5, 5.41) is 2.71. The lowest BCUT2D eigenvalue weighted by molar-refractivity contribution is -0.124. The van der Waals surface area contributed by atoms with E-state index in [2.05, 4.69) is 5.32 Å². The summed E-state index contributed by atoms with van der Waals surface area (Å²) >= 11 is 0. The van der Waals surface area contributed by atoms with E-state index in [9.17, 15) is 9.59 Å². The van der Waals surface area contributed by atoms with Crippen molar-refractivity contribution in [1.82, 2.24) is 10.2 Å². The molecule has 0 radical (unpaired) electrons. The molecule has 1 aliphatic heterocycles. The first kappa shape index (κ1) is 17.6. The smallest absolute Gasteiger partial charge is 0.329 e. The highest BCUT2D eigenvalue weighted by atomic mass is 16.3. The van der Waals surface area contributed by atoms with Crippen molar-refractivity contribution in [1.29, 1.82) is 0 Å². The van der Waals surface area contributed by atoms with Crippen LogP contribution in [0.25, 0.3) is 17.4 Å². The number of furan rings is 1. The standard InChI is InChI=1S/C22H24N2O3/c1-15-8-10-16(11-9-15)20-13-12-18(27-20)14-19-21(25)24(22(26)23-19)17-6-4-2-3-5-7-17/h8-14,17H,2-7H2,1H3,(H,23,26)/b19-14-. The van der Waals surface area contributed by atoms with Gasteiger partial charge in [0, 0.05) is 17.7 Å². The number of aryl methyl sites for hydroxylation is 1. The van der Waals surface area contributed by atoms with Crippen LogP contribution in [-0.2, 0) is 4.79 Å². The molecule has 27 heavy (non-hydrogen) atoms. The highest BCUT2D eigenvalue weighted by molar-refractivity contribution is 6.14. The minimum absolute atomic E-state index is 0.00520. The number of nitrogens with zero attached hydrogens (tertiary/aromatic N) is 1. The lowest BCUT2D eigenvalue weighted by Gasteiger charge is -2.23. The minimum Gasteiger partial charge on any atom is -0.457 e. The van der Waals surface area contributed by atoms with E-state index in [-0.39, 0.29) is 23.7 Å². The maximum atomic E-state index is 12.8. The Balaban J connectivity index is 1.53. The zero-order chi connectivity index (χ0) is 18.8. The molecule has 140 valence electrons. The van der Waals surface area contributed by atoms with Gasteiger partial charge in [0.2, 0.25) is 0 Å². The summed E-state index contributed by atoms with van der Waals surface area (Å²) in [5.74, 6) is 1.04. The molecule has 1 aromatic heterocycles. The Morgan fingerprint density at radius 3 is 2.41 bits per heavy atom. The monoisotopic (exact) mass is 364 g/mol. The van der Waals surface area contributed by atoms with Crippen LogP contribution in [0.3, 0.4) is 0 Å². The number of hydrogen-bond acceptors (Lipinski definition) is 3. The van der Waals surface area contributed by atoms with Gasteiger partial charge in [0.1, 0.15) is 17.2 Å². The van der Waals surface area contributed by atoms with E-state index in [0.29, 0.717) is 5.76 Å². The molecule has 0 atom stereocenters. The Labute approximate surface area is 159 Å². The Morgan fingerprint density at radius 1 is 1.00 bits per heavy atom. The Bertz CT molecular complexity index is 871. The van der Waals surface area contributed by atoms with Crippen molar-refractivity contribution in [2.45, 2.75) is 51.5 Å². The van der Waals surface area contributed by atoms with E-state index in [1.54, 1.807) is 6.08 Å². The van der Waals surface area contributed by atoms with Gasteiger partial charge in [-0.05, 0) is 31.9 Å². The molecule has 2 fully saturated rings. The van der Waals surface area contributed by atoms with E-state index in [0.717, 1.165) is 37.0 Å². The lowest BCUT2D eigenvalue weighted by atomic mass is 10.1. The summed E-state index contributed by atoms with van der Waals surface area (Å²) in [7, 11) is 0. The highest BCUT2D eigenvalue weighted by Crippen LogP contribution is 2.27. The first-order valence-corrected chi connectivity index (χ1v) is 9.65. The Kier molecular flexibility index (Phi) is 4.84. The molecular weight excluding hydrogens is 340 g/mol. The van der Waals surface area contributed by atoms with Crippen LogP contribution in [0.1, 0.15) is 49.8 Å². The topological polar surface area (TPSA) is 62.6 Å². The zero-order valence-corrected chi connectivity index (χ0v) is 15.5. The van der Waals surface area contributed by atoms with E-state index in [1.807, 2.05) is 43.3 Å². The second-order valence-corrected chi connectivity index (χ2v) is 7.38. The van der Waals surface area contributed by atoms with E-state index in [4.69, 9.17) is 4.42 Å². The van der Waals surface area contributed by atoms with Crippen molar-refractivity contribution >= 4 is 18.0 Å². The van der Waals surface area contributed by atoms with Gasteiger partial charge in [-0.25, -0.2) is 4.79 Å². The maximum Gasteiger partial charge on any atom is 0.329 e. The second-order valence-electron chi connectivity index (χ2n) is 7.38. The summed E-state index contributed by atoms with van der Waals surface area (Å²) in [4.78, 5) is 26.6. The average Bonchev–Trinajstić information content (AvgIpc) is 3.10. The van der Waals surface area contributed by atoms with Crippen LogP contribution in [0.5, 0.6) is 0 Å². The van der Waals surface area contributed by atoms with Crippen molar-refractivity contribution in [3.05, 3.63) is 53.4 Å². The number of rotatable bonds is 3. The van der Waals surface area contributed by atoms with Crippen LogP contribution < -0.4 is 5.32 Å². The molecule has 0 spiro atoms. The molecule has 1 saturated carbocycles. The zero-order valence-electron chi connectivity index (χ0n) is 15.5. The lowest BCUT2D eigenvalue weighted by Crippen LogP contribution is -2.40. The van der Waals surface area contributed by atoms with Gasteiger partial charge in [0.15, 0.2) is 0 Å². The van der Waals surface area contributed by atoms with Gasteiger partial charge in [-0.3, -0.25) is 9.69 Å². The van der Waals surface area contributed by atoms with Crippen molar-refractivity contribution in [2.24, 2.45) is 0 Å². The molecule has 1 aliphatic carbocycles. The minimum atomic E-state index is -0.316. The van der Waals surface area contributed by atoms with Gasteiger partial charge in [-0.1, -0.05) is 55.5 Å². The number of carbonyl (C=O) groups is 2. The highest BCUT2D eigenvalue weighted by Gasteiger charge is 2.38. The van der Waals surface area contributed by atoms with Crippen molar-refractivity contribution in [3.63, 3.8) is 0 Å². The number of carbonyl (C=O) groups excluding carboxylic acids is 2. The molecule has 4 rings (SSSR count). The van der Waals surface area contributed by atoms with Gasteiger partial charge < -0.3 is 9.73 Å². The normalized spacial score (nSPS) is 20.2. The molecule has 1 saturated heterocycles. The summed E-state index contributed by atoms with van der Waals surface area (Å²) in [6.07, 6.45) is 7.90. The number of nitrogens with one attached hydrogen (secondary N) is 1. The molecule has 2 aromatic rings. The van der Waals surface area contributed by atoms with Crippen LogP contribution >= 0.6 is 0 Å². The molecule has 2 heterocycles. The van der Waals surface area contributed by atoms with Gasteiger partial charge in [-0.2, -0.15) is 0 Å². The third-order valence-corrected chi connectivity index (χ3v) is 5.35. The molecule has 5 nitrogen and oxygen atoms in total. The number of urea groups is 1. The quantitative estimate of drug-likeness (QED) is 0.480. The number of hydrogen-bond donors (Lipinski definition) is 1. The van der Waals surface area contributed by atoms with Crippen molar-refractivity contribution in [3.8, 4) is 11.3 Å². The van der Waals surface area contributed by atoms with Crippen LogP contribution in [0.15, 0.2) is 46.5 Å². The van der Waals surface area contributed by atoms with Gasteiger partial charge in [0.05, 0.1) is 0 Å². The van der Waals surface area contributed by atoms with E-state index < -0.39 is 0 Å². The molecule has 1 N–H and O–H groups in total. The summed E-state index contributed by atoms with van der Waals surface area (Å²) < 4.78 is 5.86. The molecular formula is C22H24N2O3. The number of benzene rings is 1. The summed E-state index contributed by atoms with van der Waals surface area (Å²) in [6.45, 7) is 2.04. The number of amides is 3. The number of imide groups is 1. The molecule has 0 unspecified atom stereocenters. The molecule has 2 aliphatic rings. The van der Waals surface area contributed by atoms with E-state index >= 15 is 0 Å². The van der Waals surface area contributed by atoms with Crippen molar-refractivity contribution in [2.75, 3.05) is 0 Å². The summed E-state index contributed by atoms with van der Waals surface area (Å²) in [5.41, 5.74) is 2.45. The van der Waals surface area contributed by atoms with Crippen molar-refractivity contribution < 1.29 is 14.0 Å². The SMILES string of the molecule is Cc1ccc(-c2ccc(/C=C3\NC(=O)N(C4CCCCCC4)C3=O)o2)cc1. The fourth-order valence-electron chi connectivity index (χ4n) is 3.84. The molecule has 5 heteroatoms. The largest absolute Gasteiger partial charge is 0.457 e. The maximum absolute atomic E-state index is 12.8. The average molecular weight is 364 g/mol. The first-order valence-electron chi connectivity index (χ1n) is 9.65. The van der Waals surface area contributed by atoms with Gasteiger partial charge in [0.25, 0.3) is 5.91 Å². The van der Waals surface area contributed by atoms with Gasteiger partial charge >= 0.3 is 6.03 Å². The third kappa shape index (κ3) is 3.68. The molecule has 1 aromatic carbocycles. The molecule has 3 amide bonds. The third-order valence-electron chi connectivity index (χ3n) is 5.35. The Morgan fingerprint density at radius 2 is 1.70 bits per heavy atom. The van der Waals surface area contributed by atoms with Crippen LogP contribution in [0.2, 0.25) is 0 Å². The van der Waals surface area contributed by atoms with Crippen LogP contribution in [0.4, 0.5) is 4.79 Å². The summed E-state index contributed by atoms with van der Waals surface area (Å²) in [6, 6.07) is 11.4. The second kappa shape index (κ2) is 7.43.